The minimum absolute atomic E-state index is 0.130. The molecule has 0 spiro atoms. The third-order valence-corrected chi connectivity index (χ3v) is 10.4. The van der Waals surface area contributed by atoms with Crippen molar-refractivity contribution < 1.29 is 17.4 Å². The molecule has 0 aliphatic carbocycles. The van der Waals surface area contributed by atoms with Crippen molar-refractivity contribution >= 4 is 31.1 Å². The van der Waals surface area contributed by atoms with Crippen LogP contribution in [0.3, 0.4) is 0 Å². The third kappa shape index (κ3) is 5.67. The minimum atomic E-state index is -3.86. The third-order valence-electron chi connectivity index (χ3n) is 6.85. The molecule has 35 heavy (non-hydrogen) atoms. The van der Waals surface area contributed by atoms with Gasteiger partial charge in [0.15, 0.2) is 0 Å². The highest BCUT2D eigenvalue weighted by Crippen LogP contribution is 2.36. The number of sulfonamides is 1. The molecule has 0 aromatic heterocycles. The Kier molecular flexibility index (Phi) is 7.78. The summed E-state index contributed by atoms with van der Waals surface area (Å²) in [7, 11) is -6.82. The highest BCUT2D eigenvalue weighted by atomic mass is 32.2. The van der Waals surface area contributed by atoms with Crippen LogP contribution in [-0.4, -0.2) is 51.2 Å². The Bertz CT molecular complexity index is 1240. The van der Waals surface area contributed by atoms with Gasteiger partial charge in [-0.1, -0.05) is 32.9 Å². The molecule has 2 aromatic rings. The predicted molar refractivity (Wildman–Crippen MR) is 141 cm³/mol. The molecule has 1 fully saturated rings. The zero-order chi connectivity index (χ0) is 25.2. The minimum Gasteiger partial charge on any atom is -0.381 e. The fourth-order valence-corrected chi connectivity index (χ4v) is 7.94. The normalized spacial score (nSPS) is 21.2. The molecule has 2 aromatic carbocycles. The second kappa shape index (κ2) is 10.5. The predicted octanol–water partition coefficient (Wildman–Crippen LogP) is 4.75. The maximum atomic E-state index is 13.9. The van der Waals surface area contributed by atoms with Gasteiger partial charge in [-0.25, -0.2) is 17.4 Å². The first-order valence-electron chi connectivity index (χ1n) is 12.5. The molecule has 0 saturated carbocycles. The summed E-state index contributed by atoms with van der Waals surface area (Å²) in [5, 5.41) is 0. The number of rotatable bonds is 8. The first-order chi connectivity index (χ1) is 16.6. The smallest absolute Gasteiger partial charge is 0.264 e. The van der Waals surface area contributed by atoms with Gasteiger partial charge in [-0.3, -0.25) is 4.31 Å². The van der Waals surface area contributed by atoms with Gasteiger partial charge in [-0.05, 0) is 67.0 Å². The van der Waals surface area contributed by atoms with Crippen LogP contribution in [0.5, 0.6) is 0 Å². The number of ether oxygens (including phenoxy) is 1. The monoisotopic (exact) mass is 519 g/mol. The Hall–Kier alpha value is -2.10. The van der Waals surface area contributed by atoms with E-state index < -0.39 is 19.8 Å². The van der Waals surface area contributed by atoms with Gasteiger partial charge in [0.2, 0.25) is 0 Å². The van der Waals surface area contributed by atoms with Crippen LogP contribution in [0.1, 0.15) is 39.2 Å². The Labute approximate surface area is 210 Å². The van der Waals surface area contributed by atoms with Gasteiger partial charge < -0.3 is 9.64 Å². The number of anilines is 2. The van der Waals surface area contributed by atoms with E-state index in [1.807, 2.05) is 38.1 Å². The van der Waals surface area contributed by atoms with E-state index in [9.17, 15) is 12.6 Å². The maximum absolute atomic E-state index is 13.9. The molecule has 1 N–H and O–H groups in total. The summed E-state index contributed by atoms with van der Waals surface area (Å²) < 4.78 is 56.3. The van der Waals surface area contributed by atoms with Crippen molar-refractivity contribution in [2.75, 3.05) is 47.8 Å². The molecule has 2 heterocycles. The lowest BCUT2D eigenvalue weighted by Gasteiger charge is -2.36. The number of nitrogens with zero attached hydrogens (tertiary/aromatic N) is 2. The van der Waals surface area contributed by atoms with E-state index in [1.165, 1.54) is 10.4 Å². The van der Waals surface area contributed by atoms with E-state index >= 15 is 0 Å². The van der Waals surface area contributed by atoms with Crippen LogP contribution in [0, 0.1) is 16.6 Å². The van der Waals surface area contributed by atoms with Crippen LogP contribution in [0.25, 0.3) is 0 Å². The van der Waals surface area contributed by atoms with E-state index in [4.69, 9.17) is 9.52 Å². The van der Waals surface area contributed by atoms with Gasteiger partial charge in [-0.2, -0.15) is 0 Å². The van der Waals surface area contributed by atoms with E-state index in [2.05, 4.69) is 11.8 Å². The number of fused-ring (bicyclic) bond motifs is 1. The zero-order valence-electron chi connectivity index (χ0n) is 20.9. The van der Waals surface area contributed by atoms with E-state index in [1.54, 1.807) is 12.1 Å². The van der Waals surface area contributed by atoms with Crippen molar-refractivity contribution in [3.05, 3.63) is 48.0 Å². The fourth-order valence-electron chi connectivity index (χ4n) is 4.78. The summed E-state index contributed by atoms with van der Waals surface area (Å²) in [6, 6.07) is 12.4. The van der Waals surface area contributed by atoms with Crippen molar-refractivity contribution in [3.8, 4) is 0 Å². The number of hydrogen-bond donors (Lipinski definition) is 1. The van der Waals surface area contributed by atoms with Crippen molar-refractivity contribution in [2.45, 2.75) is 49.8 Å². The molecule has 1 saturated heterocycles. The molecule has 0 amide bonds. The lowest BCUT2D eigenvalue weighted by molar-refractivity contribution is 0.0682. The summed E-state index contributed by atoms with van der Waals surface area (Å²) in [6.45, 7) is 9.13. The largest absolute Gasteiger partial charge is 0.381 e. The second-order valence-corrected chi connectivity index (χ2v) is 14.0. The quantitative estimate of drug-likeness (QED) is 0.543. The second-order valence-electron chi connectivity index (χ2n) is 9.96. The van der Waals surface area contributed by atoms with Crippen LogP contribution in [-0.2, 0) is 30.9 Å². The molecule has 1 unspecified atom stereocenters. The van der Waals surface area contributed by atoms with Crippen LogP contribution in [0.2, 0.25) is 0 Å². The van der Waals surface area contributed by atoms with Gasteiger partial charge in [0, 0.05) is 32.8 Å². The van der Waals surface area contributed by atoms with Crippen LogP contribution in [0.15, 0.2) is 52.3 Å². The van der Waals surface area contributed by atoms with Gasteiger partial charge in [0.25, 0.3) is 10.0 Å². The standard InChI is InChI=1S/C26H37N3O4S2/c1-4-21-5-7-23(8-6-21)29(18-20(2)3)35(31,32)24-9-10-26-25(17-24)28(13-16-34(26,27)30)19-22-11-14-33-15-12-22/h5-10,17,20,22,27H,4,11-16,18-19H2,1-3H3. The van der Waals surface area contributed by atoms with Gasteiger partial charge in [-0.15, -0.1) is 0 Å². The Balaban J connectivity index is 1.73. The molecule has 1 atom stereocenters. The molecule has 2 aliphatic rings. The zero-order valence-corrected chi connectivity index (χ0v) is 22.5. The van der Waals surface area contributed by atoms with Gasteiger partial charge in [0.05, 0.1) is 36.6 Å². The lowest BCUT2D eigenvalue weighted by Crippen LogP contribution is -2.40. The SMILES string of the molecule is CCc1ccc(N(CC(C)C)S(=O)(=O)c2ccc3c(c2)N(CC2CCOCC2)CCS3(=N)=O)cc1. The highest BCUT2D eigenvalue weighted by Gasteiger charge is 2.32. The van der Waals surface area contributed by atoms with Crippen molar-refractivity contribution in [3.63, 3.8) is 0 Å². The topological polar surface area (TPSA) is 90.8 Å². The average molecular weight is 520 g/mol. The summed E-state index contributed by atoms with van der Waals surface area (Å²) in [4.78, 5) is 2.74. The molecule has 9 heteroatoms. The Morgan fingerprint density at radius 2 is 1.83 bits per heavy atom. The van der Waals surface area contributed by atoms with E-state index in [0.29, 0.717) is 35.3 Å². The number of aryl methyl sites for hydroxylation is 1. The summed E-state index contributed by atoms with van der Waals surface area (Å²) in [6.07, 6.45) is 2.80. The molecular weight excluding hydrogens is 482 g/mol. The summed E-state index contributed by atoms with van der Waals surface area (Å²) in [5.74, 6) is 0.829. The number of nitrogens with one attached hydrogen (secondary N) is 1. The van der Waals surface area contributed by atoms with Gasteiger partial charge in [0.1, 0.15) is 0 Å². The van der Waals surface area contributed by atoms with Crippen molar-refractivity contribution in [2.24, 2.45) is 11.8 Å². The fraction of sp³-hybridized carbons (Fsp3) is 0.538. The lowest BCUT2D eigenvalue weighted by atomic mass is 9.99. The Morgan fingerprint density at radius 3 is 2.46 bits per heavy atom. The molecule has 7 nitrogen and oxygen atoms in total. The molecule has 0 radical (unpaired) electrons. The summed E-state index contributed by atoms with van der Waals surface area (Å²) >= 11 is 0. The van der Waals surface area contributed by atoms with Gasteiger partial charge >= 0.3 is 0 Å². The maximum Gasteiger partial charge on any atom is 0.264 e. The van der Waals surface area contributed by atoms with Crippen LogP contribution < -0.4 is 9.21 Å². The number of benzene rings is 2. The highest BCUT2D eigenvalue weighted by molar-refractivity contribution is 7.93. The molecule has 192 valence electrons. The Morgan fingerprint density at radius 1 is 1.14 bits per heavy atom. The van der Waals surface area contributed by atoms with Crippen LogP contribution in [0.4, 0.5) is 11.4 Å². The average Bonchev–Trinajstić information content (AvgIpc) is 2.85. The molecule has 2 aliphatic heterocycles. The molecular formula is C26H37N3O4S2. The van der Waals surface area contributed by atoms with Crippen molar-refractivity contribution in [1.82, 2.24) is 0 Å². The van der Waals surface area contributed by atoms with E-state index in [-0.39, 0.29) is 16.6 Å². The summed E-state index contributed by atoms with van der Waals surface area (Å²) in [5.41, 5.74) is 2.41. The first-order valence-corrected chi connectivity index (χ1v) is 15.6. The molecule has 4 rings (SSSR count). The van der Waals surface area contributed by atoms with Crippen molar-refractivity contribution in [1.29, 1.82) is 4.78 Å². The van der Waals surface area contributed by atoms with Crippen LogP contribution >= 0.6 is 0 Å². The molecule has 0 bridgehead atoms. The first kappa shape index (κ1) is 26.0. The number of hydrogen-bond acceptors (Lipinski definition) is 6. The van der Waals surface area contributed by atoms with E-state index in [0.717, 1.165) is 44.6 Å².